The Labute approximate surface area is 133 Å². The molecule has 0 saturated carbocycles. The fraction of sp³-hybridized carbons (Fsp3) is 0.600. The second-order valence-corrected chi connectivity index (χ2v) is 10.1. The maximum Gasteiger partial charge on any atom is 0.243 e. The Balaban J connectivity index is 2.41. The van der Waals surface area contributed by atoms with Crippen LogP contribution in [0.4, 0.5) is 0 Å². The van der Waals surface area contributed by atoms with Crippen LogP contribution in [0.25, 0.3) is 0 Å². The Bertz CT molecular complexity index is 738. The lowest BCUT2D eigenvalue weighted by Gasteiger charge is -2.35. The third-order valence-electron chi connectivity index (χ3n) is 4.29. The normalized spacial score (nSPS) is 24.7. The average molecular weight is 345 g/mol. The Hall–Kier alpha value is -0.920. The average Bonchev–Trinajstić information content (AvgIpc) is 2.73. The summed E-state index contributed by atoms with van der Waals surface area (Å²) in [5.41, 5.74) is 0.201. The first kappa shape index (κ1) is 17.4. The SMILES string of the molecule is CCc1ccc(S(=O)(=O)N(CC)[C@]2(C)CCS(=O)(=O)C2)cc1. The van der Waals surface area contributed by atoms with Gasteiger partial charge in [-0.25, -0.2) is 16.8 Å². The lowest BCUT2D eigenvalue weighted by molar-refractivity contribution is 0.243. The number of nitrogens with zero attached hydrogens (tertiary/aromatic N) is 1. The highest BCUT2D eigenvalue weighted by Gasteiger charge is 2.47. The standard InChI is InChI=1S/C15H23NO4S2/c1-4-13-6-8-14(9-7-13)22(19,20)16(5-2)15(3)10-11-21(17,18)12-15/h6-9H,4-5,10-12H2,1-3H3/t15-/m1/s1. The Kier molecular flexibility index (Phi) is 4.71. The fourth-order valence-electron chi connectivity index (χ4n) is 3.06. The molecule has 1 atom stereocenters. The molecule has 1 heterocycles. The zero-order chi connectivity index (χ0) is 16.6. The molecule has 0 unspecified atom stereocenters. The number of hydrogen-bond donors (Lipinski definition) is 0. The maximum absolute atomic E-state index is 12.9. The first-order valence-electron chi connectivity index (χ1n) is 7.47. The predicted molar refractivity (Wildman–Crippen MR) is 87.1 cm³/mol. The van der Waals surface area contributed by atoms with Crippen molar-refractivity contribution in [2.24, 2.45) is 0 Å². The topological polar surface area (TPSA) is 71.5 Å². The van der Waals surface area contributed by atoms with Crippen LogP contribution in [0, 0.1) is 0 Å². The van der Waals surface area contributed by atoms with Crippen molar-refractivity contribution in [2.45, 2.75) is 44.0 Å². The van der Waals surface area contributed by atoms with Gasteiger partial charge in [-0.2, -0.15) is 4.31 Å². The third-order valence-corrected chi connectivity index (χ3v) is 8.33. The second kappa shape index (κ2) is 5.94. The van der Waals surface area contributed by atoms with E-state index in [0.29, 0.717) is 6.42 Å². The Morgan fingerprint density at radius 2 is 1.77 bits per heavy atom. The molecule has 22 heavy (non-hydrogen) atoms. The van der Waals surface area contributed by atoms with E-state index in [2.05, 4.69) is 0 Å². The van der Waals surface area contributed by atoms with Gasteiger partial charge in [-0.15, -0.1) is 0 Å². The number of rotatable bonds is 5. The first-order chi connectivity index (χ1) is 10.1. The molecule has 1 aliphatic rings. The monoisotopic (exact) mass is 345 g/mol. The lowest BCUT2D eigenvalue weighted by Crippen LogP contribution is -2.50. The molecular weight excluding hydrogens is 322 g/mol. The molecule has 1 aromatic rings. The van der Waals surface area contributed by atoms with E-state index in [1.165, 1.54) is 4.31 Å². The molecule has 0 aromatic heterocycles. The fourth-order valence-corrected chi connectivity index (χ4v) is 7.09. The quantitative estimate of drug-likeness (QED) is 0.816. The van der Waals surface area contributed by atoms with Gasteiger partial charge in [0.15, 0.2) is 9.84 Å². The molecule has 5 nitrogen and oxygen atoms in total. The Morgan fingerprint density at radius 1 is 1.18 bits per heavy atom. The van der Waals surface area contributed by atoms with E-state index in [-0.39, 0.29) is 22.9 Å². The van der Waals surface area contributed by atoms with Gasteiger partial charge in [0.1, 0.15) is 0 Å². The van der Waals surface area contributed by atoms with Crippen molar-refractivity contribution in [3.05, 3.63) is 29.8 Å². The second-order valence-electron chi connectivity index (χ2n) is 6.01. The largest absolute Gasteiger partial charge is 0.243 e. The summed E-state index contributed by atoms with van der Waals surface area (Å²) in [5, 5.41) is 0. The van der Waals surface area contributed by atoms with Gasteiger partial charge in [-0.05, 0) is 37.5 Å². The number of benzene rings is 1. The zero-order valence-electron chi connectivity index (χ0n) is 13.2. The smallest absolute Gasteiger partial charge is 0.229 e. The number of sulfone groups is 1. The van der Waals surface area contributed by atoms with E-state index in [4.69, 9.17) is 0 Å². The molecule has 0 spiro atoms. The van der Waals surface area contributed by atoms with Gasteiger partial charge in [0.2, 0.25) is 10.0 Å². The van der Waals surface area contributed by atoms with Crippen molar-refractivity contribution in [1.82, 2.24) is 4.31 Å². The van der Waals surface area contributed by atoms with Gasteiger partial charge in [0.25, 0.3) is 0 Å². The number of hydrogen-bond acceptors (Lipinski definition) is 4. The van der Waals surface area contributed by atoms with Crippen molar-refractivity contribution in [3.63, 3.8) is 0 Å². The molecule has 0 N–H and O–H groups in total. The van der Waals surface area contributed by atoms with Crippen molar-refractivity contribution < 1.29 is 16.8 Å². The van der Waals surface area contributed by atoms with Crippen molar-refractivity contribution in [1.29, 1.82) is 0 Å². The molecule has 2 rings (SSSR count). The van der Waals surface area contributed by atoms with Gasteiger partial charge in [-0.3, -0.25) is 0 Å². The van der Waals surface area contributed by atoms with Gasteiger partial charge < -0.3 is 0 Å². The molecule has 1 fully saturated rings. The molecule has 124 valence electrons. The minimum atomic E-state index is -3.70. The number of sulfonamides is 1. The summed E-state index contributed by atoms with van der Waals surface area (Å²) in [6.07, 6.45) is 1.18. The first-order valence-corrected chi connectivity index (χ1v) is 10.7. The highest BCUT2D eigenvalue weighted by Crippen LogP contribution is 2.33. The van der Waals surface area contributed by atoms with Gasteiger partial charge >= 0.3 is 0 Å². The van der Waals surface area contributed by atoms with Crippen LogP contribution in [0.2, 0.25) is 0 Å². The molecular formula is C15H23NO4S2. The van der Waals surface area contributed by atoms with E-state index < -0.39 is 25.4 Å². The van der Waals surface area contributed by atoms with Gasteiger partial charge in [0, 0.05) is 12.1 Å². The van der Waals surface area contributed by atoms with Crippen LogP contribution in [0.5, 0.6) is 0 Å². The summed E-state index contributed by atoms with van der Waals surface area (Å²) in [4.78, 5) is 0.220. The third kappa shape index (κ3) is 3.21. The highest BCUT2D eigenvalue weighted by molar-refractivity contribution is 7.92. The van der Waals surface area contributed by atoms with E-state index >= 15 is 0 Å². The maximum atomic E-state index is 12.9. The Morgan fingerprint density at radius 3 is 2.18 bits per heavy atom. The summed E-state index contributed by atoms with van der Waals surface area (Å²) in [7, 11) is -6.87. The molecule has 0 radical (unpaired) electrons. The minimum absolute atomic E-state index is 0.0459. The summed E-state index contributed by atoms with van der Waals surface area (Å²) < 4.78 is 50.7. The summed E-state index contributed by atoms with van der Waals surface area (Å²) in [6, 6.07) is 6.80. The highest BCUT2D eigenvalue weighted by atomic mass is 32.2. The van der Waals surface area contributed by atoms with E-state index in [0.717, 1.165) is 12.0 Å². The molecule has 1 saturated heterocycles. The van der Waals surface area contributed by atoms with Crippen molar-refractivity contribution in [3.8, 4) is 0 Å². The molecule has 0 bridgehead atoms. The minimum Gasteiger partial charge on any atom is -0.229 e. The molecule has 1 aromatic carbocycles. The van der Waals surface area contributed by atoms with Crippen LogP contribution >= 0.6 is 0 Å². The lowest BCUT2D eigenvalue weighted by atomic mass is 10.0. The van der Waals surface area contributed by atoms with E-state index in [1.807, 2.05) is 6.92 Å². The summed E-state index contributed by atoms with van der Waals surface area (Å²) in [6.45, 7) is 5.73. The zero-order valence-corrected chi connectivity index (χ0v) is 14.9. The van der Waals surface area contributed by atoms with Crippen molar-refractivity contribution in [2.75, 3.05) is 18.1 Å². The summed E-state index contributed by atoms with van der Waals surface area (Å²) >= 11 is 0. The molecule has 1 aliphatic heterocycles. The van der Waals surface area contributed by atoms with Gasteiger partial charge in [-0.1, -0.05) is 26.0 Å². The van der Waals surface area contributed by atoms with Crippen LogP contribution in [0.1, 0.15) is 32.8 Å². The predicted octanol–water partition coefficient (Wildman–Crippen LogP) is 1.84. The van der Waals surface area contributed by atoms with Crippen LogP contribution in [-0.4, -0.2) is 44.7 Å². The summed E-state index contributed by atoms with van der Waals surface area (Å²) in [5.74, 6) is -0.0651. The molecule has 0 aliphatic carbocycles. The van der Waals surface area contributed by atoms with Crippen LogP contribution in [0.15, 0.2) is 29.2 Å². The molecule has 7 heteroatoms. The number of aryl methyl sites for hydroxylation is 1. The van der Waals surface area contributed by atoms with Gasteiger partial charge in [0.05, 0.1) is 16.4 Å². The van der Waals surface area contributed by atoms with Crippen LogP contribution in [-0.2, 0) is 26.3 Å². The van der Waals surface area contributed by atoms with E-state index in [9.17, 15) is 16.8 Å². The van der Waals surface area contributed by atoms with E-state index in [1.54, 1.807) is 38.1 Å². The van der Waals surface area contributed by atoms with Crippen molar-refractivity contribution >= 4 is 19.9 Å². The molecule has 0 amide bonds. The van der Waals surface area contributed by atoms with Crippen LogP contribution in [0.3, 0.4) is 0 Å². The van der Waals surface area contributed by atoms with Crippen LogP contribution < -0.4 is 0 Å².